The number of hydrogen-bond donors (Lipinski definition) is 3. The Kier molecular flexibility index (Phi) is 10.9. The largest absolute Gasteiger partial charge is 0.481 e. The molecule has 1 aromatic heterocycles. The Morgan fingerprint density at radius 2 is 1.74 bits per heavy atom. The van der Waals surface area contributed by atoms with E-state index in [4.69, 9.17) is 10.1 Å². The summed E-state index contributed by atoms with van der Waals surface area (Å²) in [7, 11) is -8.65. The summed E-state index contributed by atoms with van der Waals surface area (Å²) in [6.45, 7) is 7.62. The third-order valence-corrected chi connectivity index (χ3v) is 9.73. The van der Waals surface area contributed by atoms with Crippen molar-refractivity contribution >= 4 is 49.1 Å². The molecular weight excluding hydrogens is 633 g/mol. The van der Waals surface area contributed by atoms with Gasteiger partial charge in [0.1, 0.15) is 5.82 Å². The van der Waals surface area contributed by atoms with Crippen molar-refractivity contribution in [2.45, 2.75) is 69.7 Å². The highest BCUT2D eigenvalue weighted by molar-refractivity contribution is 7.86. The van der Waals surface area contributed by atoms with E-state index in [2.05, 4.69) is 24.5 Å². The van der Waals surface area contributed by atoms with Crippen molar-refractivity contribution in [1.29, 1.82) is 0 Å². The molecule has 3 N–H and O–H groups in total. The van der Waals surface area contributed by atoms with Crippen LogP contribution < -0.4 is 14.4 Å². The number of hydrogen-bond acceptors (Lipinski definition) is 8. The molecule has 2 aliphatic rings. The van der Waals surface area contributed by atoms with Gasteiger partial charge in [0.25, 0.3) is 20.2 Å². The Morgan fingerprint density at radius 1 is 0.978 bits per heavy atom. The fourth-order valence-electron chi connectivity index (χ4n) is 5.71. The van der Waals surface area contributed by atoms with E-state index < -0.39 is 32.0 Å². The summed E-state index contributed by atoms with van der Waals surface area (Å²) in [5.41, 5.74) is 2.87. The van der Waals surface area contributed by atoms with Gasteiger partial charge in [-0.2, -0.15) is 16.8 Å². The Bertz CT molecular complexity index is 1810. The molecule has 0 aliphatic carbocycles. The van der Waals surface area contributed by atoms with Crippen molar-refractivity contribution in [3.05, 3.63) is 78.3 Å². The molecule has 0 bridgehead atoms. The number of aliphatic carboxylic acids is 1. The second-order valence-electron chi connectivity index (χ2n) is 11.7. The number of nitrogens with zero attached hydrogens (tertiary/aromatic N) is 4. The number of carboxylic acid groups (broad SMARTS) is 1. The Morgan fingerprint density at radius 3 is 2.41 bits per heavy atom. The lowest BCUT2D eigenvalue weighted by Crippen LogP contribution is -2.34. The molecule has 2 aliphatic heterocycles. The molecule has 46 heavy (non-hydrogen) atoms. The van der Waals surface area contributed by atoms with Crippen molar-refractivity contribution < 1.29 is 40.4 Å². The molecule has 1 aromatic carbocycles. The second kappa shape index (κ2) is 14.3. The number of pyridine rings is 1. The monoisotopic (exact) mass is 673 g/mol. The molecular formula is C32H41N4O8S2+. The van der Waals surface area contributed by atoms with E-state index in [-0.39, 0.29) is 29.7 Å². The van der Waals surface area contributed by atoms with Crippen LogP contribution in [0.4, 0.5) is 17.2 Å². The number of anilines is 2. The lowest BCUT2D eigenvalue weighted by atomic mass is 9.82. The van der Waals surface area contributed by atoms with E-state index >= 15 is 0 Å². The van der Waals surface area contributed by atoms with Crippen LogP contribution in [-0.2, 0) is 37.0 Å². The summed E-state index contributed by atoms with van der Waals surface area (Å²) in [5, 5.41) is 8.87. The van der Waals surface area contributed by atoms with Crippen LogP contribution in [0.25, 0.3) is 0 Å². The van der Waals surface area contributed by atoms with E-state index in [1.807, 2.05) is 54.5 Å². The number of aliphatic imine (C=N–C) groups is 1. The van der Waals surface area contributed by atoms with Gasteiger partial charge in [-0.1, -0.05) is 18.2 Å². The van der Waals surface area contributed by atoms with Crippen molar-refractivity contribution in [3.8, 4) is 0 Å². The number of carboxylic acids is 1. The van der Waals surface area contributed by atoms with Crippen LogP contribution >= 0.6 is 0 Å². The normalized spacial score (nSPS) is 16.9. The van der Waals surface area contributed by atoms with Crippen molar-refractivity contribution in [2.75, 3.05) is 28.6 Å². The van der Waals surface area contributed by atoms with Gasteiger partial charge in [-0.25, -0.2) is 4.57 Å². The summed E-state index contributed by atoms with van der Waals surface area (Å²) in [6, 6.07) is 8.35. The molecule has 12 nitrogen and oxygen atoms in total. The standard InChI is InChI=1S/C32H40N4O8S2/c1-4-35-26-18-17-24(46(42,43)44)23-27(26)36(21-12-22-45(39,40)41)29(35)15-8-5-7-14-28-32(2,3)25-13-11-20-34(31(25)33-28)19-10-6-9-16-30(37)38/h5,7-8,11,13-15,17-18,20,23H,4,6,9-10,12,16,19,21-22H2,1-3H3,(H2-,37,38,39,40,41,42,43,44)/p+1. The number of allylic oxidation sites excluding steroid dienone is 5. The van der Waals surface area contributed by atoms with Crippen LogP contribution in [0.2, 0.25) is 0 Å². The minimum atomic E-state index is -4.46. The minimum absolute atomic E-state index is 0.0880. The summed E-state index contributed by atoms with van der Waals surface area (Å²) < 4.78 is 67.4. The van der Waals surface area contributed by atoms with E-state index in [9.17, 15) is 30.7 Å². The maximum absolute atomic E-state index is 11.8. The first-order chi connectivity index (χ1) is 21.6. The Labute approximate surface area is 270 Å². The van der Waals surface area contributed by atoms with Gasteiger partial charge in [-0.15, -0.1) is 0 Å². The van der Waals surface area contributed by atoms with Gasteiger partial charge in [-0.3, -0.25) is 13.9 Å². The second-order valence-corrected chi connectivity index (χ2v) is 14.7. The fraction of sp³-hybridized carbons (Fsp3) is 0.406. The zero-order valence-corrected chi connectivity index (χ0v) is 27.8. The van der Waals surface area contributed by atoms with Crippen LogP contribution in [-0.4, -0.2) is 61.6 Å². The first-order valence-electron chi connectivity index (χ1n) is 15.1. The number of rotatable bonds is 15. The highest BCUT2D eigenvalue weighted by atomic mass is 32.2. The molecule has 14 heteroatoms. The van der Waals surface area contributed by atoms with Crippen LogP contribution in [0.15, 0.2) is 82.6 Å². The maximum Gasteiger partial charge on any atom is 0.327 e. The van der Waals surface area contributed by atoms with Crippen molar-refractivity contribution in [3.63, 3.8) is 0 Å². The molecule has 0 amide bonds. The average molecular weight is 674 g/mol. The topological polar surface area (TPSA) is 169 Å². The lowest BCUT2D eigenvalue weighted by molar-refractivity contribution is -0.684. The van der Waals surface area contributed by atoms with Gasteiger partial charge in [0.15, 0.2) is 5.71 Å². The zero-order chi connectivity index (χ0) is 33.7. The van der Waals surface area contributed by atoms with Crippen LogP contribution in [0.1, 0.15) is 58.4 Å². The van der Waals surface area contributed by atoms with Gasteiger partial charge < -0.3 is 14.9 Å². The minimum Gasteiger partial charge on any atom is -0.481 e. The number of benzene rings is 1. The van der Waals surface area contributed by atoms with E-state index in [0.717, 1.165) is 36.5 Å². The van der Waals surface area contributed by atoms with Gasteiger partial charge in [0.2, 0.25) is 0 Å². The summed E-state index contributed by atoms with van der Waals surface area (Å²) >= 11 is 0. The molecule has 0 unspecified atom stereocenters. The molecule has 0 fully saturated rings. The van der Waals surface area contributed by atoms with E-state index in [0.29, 0.717) is 30.2 Å². The number of fused-ring (bicyclic) bond motifs is 2. The van der Waals surface area contributed by atoms with Gasteiger partial charge in [0.05, 0.1) is 45.7 Å². The zero-order valence-electron chi connectivity index (χ0n) is 26.2. The Balaban J connectivity index is 1.55. The van der Waals surface area contributed by atoms with Crippen LogP contribution in [0.3, 0.4) is 0 Å². The molecule has 0 spiro atoms. The third kappa shape index (κ3) is 8.29. The van der Waals surface area contributed by atoms with Gasteiger partial charge >= 0.3 is 11.8 Å². The molecule has 2 aromatic rings. The highest BCUT2D eigenvalue weighted by Crippen LogP contribution is 2.43. The first-order valence-corrected chi connectivity index (χ1v) is 18.2. The molecule has 0 saturated heterocycles. The van der Waals surface area contributed by atoms with Gasteiger partial charge in [0, 0.05) is 19.5 Å². The van der Waals surface area contributed by atoms with E-state index in [1.54, 1.807) is 11.0 Å². The number of aromatic nitrogens is 1. The molecule has 0 saturated carbocycles. The molecule has 4 rings (SSSR count). The van der Waals surface area contributed by atoms with Crippen molar-refractivity contribution in [2.24, 2.45) is 4.99 Å². The first kappa shape index (κ1) is 35.0. The quantitative estimate of drug-likeness (QED) is 0.103. The van der Waals surface area contributed by atoms with Crippen LogP contribution in [0, 0.1) is 0 Å². The SMILES string of the molecule is CCN1\C(=C/C=C/C=C/C2=Nc3c(ccc[n+]3CCCCCC(=O)O)C2(C)C)N(CCCS(=O)(=O)O)c2cc(S(=O)(=O)O)ccc21. The molecule has 0 atom stereocenters. The highest BCUT2D eigenvalue weighted by Gasteiger charge is 2.41. The lowest BCUT2D eigenvalue weighted by Gasteiger charge is -2.24. The van der Waals surface area contributed by atoms with Crippen molar-refractivity contribution in [1.82, 2.24) is 0 Å². The van der Waals surface area contributed by atoms with Crippen LogP contribution in [0.5, 0.6) is 0 Å². The predicted octanol–water partition coefficient (Wildman–Crippen LogP) is 4.81. The van der Waals surface area contributed by atoms with Gasteiger partial charge in [-0.05, 0) is 93.9 Å². The molecule has 248 valence electrons. The average Bonchev–Trinajstić information content (AvgIpc) is 3.41. The smallest absolute Gasteiger partial charge is 0.327 e. The molecule has 3 heterocycles. The Hall–Kier alpha value is -3.85. The number of aryl methyl sites for hydroxylation is 1. The number of carbonyl (C=O) groups is 1. The summed E-state index contributed by atoms with van der Waals surface area (Å²) in [5.74, 6) is 0.336. The molecule has 0 radical (unpaired) electrons. The third-order valence-electron chi connectivity index (χ3n) is 8.07. The van der Waals surface area contributed by atoms with E-state index in [1.165, 1.54) is 12.1 Å². The summed E-state index contributed by atoms with van der Waals surface area (Å²) in [6.07, 6.45) is 13.9. The predicted molar refractivity (Wildman–Crippen MR) is 177 cm³/mol. The summed E-state index contributed by atoms with van der Waals surface area (Å²) in [4.78, 5) is 19.2. The fourth-order valence-corrected chi connectivity index (χ4v) is 6.71. The maximum atomic E-state index is 11.8. The number of unbranched alkanes of at least 4 members (excludes halogenated alkanes) is 2.